The van der Waals surface area contributed by atoms with Gasteiger partial charge in [-0.1, -0.05) is 65.9 Å². The second-order valence-electron chi connectivity index (χ2n) is 8.43. The Morgan fingerprint density at radius 2 is 1.89 bits per heavy atom. The molecule has 1 amide bonds. The Morgan fingerprint density at radius 1 is 1.06 bits per heavy atom. The Morgan fingerprint density at radius 3 is 2.72 bits per heavy atom. The van der Waals surface area contributed by atoms with Crippen LogP contribution in [0.5, 0.6) is 11.5 Å². The van der Waals surface area contributed by atoms with Gasteiger partial charge in [0.05, 0.1) is 0 Å². The Labute approximate surface area is 214 Å². The summed E-state index contributed by atoms with van der Waals surface area (Å²) in [5.74, 6) is 2.78. The zero-order valence-electron chi connectivity index (χ0n) is 19.9. The standard InChI is InChI=1S/C28H26N4O3S/c1-3-13-32-26(22-10-7-19(2)8-11-22)30-31-28(32)36-17-21-5-4-6-23(14-21)27(33)29-16-20-9-12-24-25(15-20)35-18-34-24/h3-12,14-15H,1,13,16-18H2,2H3,(H,29,33). The second-order valence-corrected chi connectivity index (χ2v) is 9.37. The van der Waals surface area contributed by atoms with Gasteiger partial charge in [0.25, 0.3) is 5.91 Å². The zero-order chi connectivity index (χ0) is 24.9. The largest absolute Gasteiger partial charge is 0.454 e. The molecule has 2 heterocycles. The Balaban J connectivity index is 1.24. The van der Waals surface area contributed by atoms with E-state index < -0.39 is 0 Å². The predicted octanol–water partition coefficient (Wildman–Crippen LogP) is 5.39. The average Bonchev–Trinajstić information content (AvgIpc) is 3.53. The van der Waals surface area contributed by atoms with Crippen LogP contribution < -0.4 is 14.8 Å². The molecule has 0 unspecified atom stereocenters. The van der Waals surface area contributed by atoms with Gasteiger partial charge < -0.3 is 14.8 Å². The third-order valence-corrected chi connectivity index (χ3v) is 6.82. The number of carbonyl (C=O) groups excluding carboxylic acids is 1. The molecule has 182 valence electrons. The molecule has 7 nitrogen and oxygen atoms in total. The highest BCUT2D eigenvalue weighted by Gasteiger charge is 2.15. The normalized spacial score (nSPS) is 11.9. The van der Waals surface area contributed by atoms with Crippen LogP contribution in [0.2, 0.25) is 0 Å². The van der Waals surface area contributed by atoms with E-state index >= 15 is 0 Å². The fourth-order valence-corrected chi connectivity index (χ4v) is 4.78. The molecule has 5 rings (SSSR count). The average molecular weight is 499 g/mol. The van der Waals surface area contributed by atoms with Crippen molar-refractivity contribution in [2.24, 2.45) is 0 Å². The molecule has 0 spiro atoms. The molecular formula is C28H26N4O3S. The number of aryl methyl sites for hydroxylation is 1. The first kappa shape index (κ1) is 23.7. The van der Waals surface area contributed by atoms with E-state index in [1.165, 1.54) is 5.56 Å². The van der Waals surface area contributed by atoms with E-state index in [4.69, 9.17) is 9.47 Å². The minimum Gasteiger partial charge on any atom is -0.454 e. The summed E-state index contributed by atoms with van der Waals surface area (Å²) in [6.07, 6.45) is 1.84. The number of nitrogens with one attached hydrogen (secondary N) is 1. The van der Waals surface area contributed by atoms with Gasteiger partial charge >= 0.3 is 0 Å². The van der Waals surface area contributed by atoms with Gasteiger partial charge in [-0.3, -0.25) is 9.36 Å². The summed E-state index contributed by atoms with van der Waals surface area (Å²) in [5, 5.41) is 12.6. The van der Waals surface area contributed by atoms with Crippen LogP contribution in [0.15, 0.2) is 84.5 Å². The van der Waals surface area contributed by atoms with E-state index in [9.17, 15) is 4.79 Å². The summed E-state index contributed by atoms with van der Waals surface area (Å²) in [4.78, 5) is 12.8. The molecule has 1 N–H and O–H groups in total. The summed E-state index contributed by atoms with van der Waals surface area (Å²) in [7, 11) is 0. The highest BCUT2D eigenvalue weighted by atomic mass is 32.2. The maximum atomic E-state index is 12.8. The number of rotatable bonds is 9. The number of amides is 1. The summed E-state index contributed by atoms with van der Waals surface area (Å²) in [5.41, 5.74) is 4.80. The number of nitrogens with zero attached hydrogens (tertiary/aromatic N) is 3. The van der Waals surface area contributed by atoms with E-state index in [1.807, 2.05) is 48.5 Å². The number of hydrogen-bond acceptors (Lipinski definition) is 6. The minimum absolute atomic E-state index is 0.129. The number of aromatic nitrogens is 3. The number of thioether (sulfide) groups is 1. The number of carbonyl (C=O) groups is 1. The highest BCUT2D eigenvalue weighted by Crippen LogP contribution is 2.32. The van der Waals surface area contributed by atoms with E-state index in [1.54, 1.807) is 11.8 Å². The molecule has 0 aliphatic carbocycles. The molecule has 0 radical (unpaired) electrons. The molecule has 1 aromatic heterocycles. The number of allylic oxidation sites excluding steroid dienone is 1. The third kappa shape index (κ3) is 5.28. The lowest BCUT2D eigenvalue weighted by Gasteiger charge is -2.09. The maximum absolute atomic E-state index is 12.8. The lowest BCUT2D eigenvalue weighted by atomic mass is 10.1. The van der Waals surface area contributed by atoms with Crippen molar-refractivity contribution >= 4 is 17.7 Å². The zero-order valence-corrected chi connectivity index (χ0v) is 20.8. The number of hydrogen-bond donors (Lipinski definition) is 1. The molecule has 0 atom stereocenters. The van der Waals surface area contributed by atoms with Crippen molar-refractivity contribution in [3.05, 3.63) is 102 Å². The molecule has 1 aliphatic rings. The van der Waals surface area contributed by atoms with Crippen molar-refractivity contribution < 1.29 is 14.3 Å². The van der Waals surface area contributed by atoms with Crippen molar-refractivity contribution in [3.63, 3.8) is 0 Å². The first-order chi connectivity index (χ1) is 17.6. The van der Waals surface area contributed by atoms with Crippen molar-refractivity contribution in [1.29, 1.82) is 0 Å². The Bertz CT molecular complexity index is 1400. The van der Waals surface area contributed by atoms with E-state index in [-0.39, 0.29) is 12.7 Å². The van der Waals surface area contributed by atoms with E-state index in [0.717, 1.165) is 33.4 Å². The fraction of sp³-hybridized carbons (Fsp3) is 0.179. The van der Waals surface area contributed by atoms with Crippen LogP contribution in [-0.2, 0) is 18.8 Å². The molecule has 4 aromatic rings. The van der Waals surface area contributed by atoms with Crippen molar-refractivity contribution in [2.75, 3.05) is 6.79 Å². The minimum atomic E-state index is -0.129. The van der Waals surface area contributed by atoms with Crippen LogP contribution in [0.3, 0.4) is 0 Å². The molecule has 0 fully saturated rings. The molecule has 0 bridgehead atoms. The number of benzene rings is 3. The smallest absolute Gasteiger partial charge is 0.251 e. The quantitative estimate of drug-likeness (QED) is 0.246. The van der Waals surface area contributed by atoms with Crippen LogP contribution in [0.25, 0.3) is 11.4 Å². The molecule has 3 aromatic carbocycles. The van der Waals surface area contributed by atoms with Gasteiger partial charge in [-0.2, -0.15) is 0 Å². The predicted molar refractivity (Wildman–Crippen MR) is 140 cm³/mol. The summed E-state index contributed by atoms with van der Waals surface area (Å²) >= 11 is 1.58. The molecular weight excluding hydrogens is 472 g/mol. The SMILES string of the molecule is C=CCn1c(SCc2cccc(C(=O)NCc3ccc4c(c3)OCO4)c2)nnc1-c1ccc(C)cc1. The molecule has 1 aliphatic heterocycles. The van der Waals surface area contributed by atoms with E-state index in [0.29, 0.717) is 30.2 Å². The maximum Gasteiger partial charge on any atom is 0.251 e. The molecule has 36 heavy (non-hydrogen) atoms. The fourth-order valence-electron chi connectivity index (χ4n) is 3.89. The molecule has 0 saturated carbocycles. The third-order valence-electron chi connectivity index (χ3n) is 5.79. The topological polar surface area (TPSA) is 78.3 Å². The number of ether oxygens (including phenoxy) is 2. The van der Waals surface area contributed by atoms with Crippen LogP contribution >= 0.6 is 11.8 Å². The van der Waals surface area contributed by atoms with Crippen LogP contribution in [0.1, 0.15) is 27.0 Å². The van der Waals surface area contributed by atoms with Crippen LogP contribution in [-0.4, -0.2) is 27.5 Å². The monoisotopic (exact) mass is 498 g/mol. The Hall–Kier alpha value is -4.04. The van der Waals surface area contributed by atoms with Gasteiger partial charge in [-0.25, -0.2) is 0 Å². The molecule has 0 saturated heterocycles. The van der Waals surface area contributed by atoms with Gasteiger partial charge in [0.15, 0.2) is 22.5 Å². The van der Waals surface area contributed by atoms with Gasteiger partial charge in [-0.05, 0) is 42.3 Å². The first-order valence-corrected chi connectivity index (χ1v) is 12.6. The van der Waals surface area contributed by atoms with E-state index in [2.05, 4.69) is 57.8 Å². The molecule has 8 heteroatoms. The van der Waals surface area contributed by atoms with Crippen LogP contribution in [0.4, 0.5) is 0 Å². The van der Waals surface area contributed by atoms with Crippen LogP contribution in [0, 0.1) is 6.92 Å². The first-order valence-electron chi connectivity index (χ1n) is 11.6. The van der Waals surface area contributed by atoms with Gasteiger partial charge in [-0.15, -0.1) is 16.8 Å². The summed E-state index contributed by atoms with van der Waals surface area (Å²) < 4.78 is 12.8. The highest BCUT2D eigenvalue weighted by molar-refractivity contribution is 7.98. The second kappa shape index (κ2) is 10.7. The van der Waals surface area contributed by atoms with Gasteiger partial charge in [0, 0.05) is 30.0 Å². The van der Waals surface area contributed by atoms with Gasteiger partial charge in [0.2, 0.25) is 6.79 Å². The van der Waals surface area contributed by atoms with Crippen molar-refractivity contribution in [2.45, 2.75) is 30.9 Å². The van der Waals surface area contributed by atoms with Crippen molar-refractivity contribution in [1.82, 2.24) is 20.1 Å². The van der Waals surface area contributed by atoms with Crippen molar-refractivity contribution in [3.8, 4) is 22.9 Å². The summed E-state index contributed by atoms with van der Waals surface area (Å²) in [6, 6.07) is 21.6. The Kier molecular flexibility index (Phi) is 7.04. The lowest BCUT2D eigenvalue weighted by Crippen LogP contribution is -2.22. The lowest BCUT2D eigenvalue weighted by molar-refractivity contribution is 0.0950. The number of fused-ring (bicyclic) bond motifs is 1. The summed E-state index contributed by atoms with van der Waals surface area (Å²) in [6.45, 7) is 7.19. The van der Waals surface area contributed by atoms with Gasteiger partial charge in [0.1, 0.15) is 0 Å².